The number of aromatic hydroxyl groups is 1. The van der Waals surface area contributed by atoms with Gasteiger partial charge in [-0.3, -0.25) is 0 Å². The molecule has 0 aliphatic heterocycles. The van der Waals surface area contributed by atoms with Crippen LogP contribution in [0.3, 0.4) is 0 Å². The number of rotatable bonds is 6. The maximum atomic E-state index is 12.3. The second kappa shape index (κ2) is 8.20. The minimum atomic E-state index is -1.70. The first kappa shape index (κ1) is 20.6. The molecule has 0 bridgehead atoms. The number of ether oxygens (including phenoxy) is 3. The van der Waals surface area contributed by atoms with Crippen molar-refractivity contribution in [3.8, 4) is 23.0 Å². The summed E-state index contributed by atoms with van der Waals surface area (Å²) in [6, 6.07) is 23.5. The molecule has 31 heavy (non-hydrogen) atoms. The van der Waals surface area contributed by atoms with Crippen LogP contribution in [-0.2, 0) is 5.60 Å². The Labute approximate surface area is 181 Å². The zero-order valence-electron chi connectivity index (χ0n) is 17.6. The first-order valence-electron chi connectivity index (χ1n) is 9.83. The summed E-state index contributed by atoms with van der Waals surface area (Å²) in [5.41, 5.74) is -0.313. The largest absolute Gasteiger partial charge is 0.507 e. The molecule has 0 saturated carbocycles. The van der Waals surface area contributed by atoms with Crippen LogP contribution in [0, 0.1) is 0 Å². The highest BCUT2D eigenvalue weighted by Crippen LogP contribution is 2.47. The van der Waals surface area contributed by atoms with Gasteiger partial charge < -0.3 is 24.4 Å². The summed E-state index contributed by atoms with van der Waals surface area (Å²) in [7, 11) is 4.69. The van der Waals surface area contributed by atoms with Gasteiger partial charge in [0.15, 0.2) is 0 Å². The van der Waals surface area contributed by atoms with Gasteiger partial charge >= 0.3 is 0 Å². The number of phenolic OH excluding ortho intramolecular Hbond substituents is 1. The molecule has 0 fully saturated rings. The zero-order chi connectivity index (χ0) is 22.0. The first-order valence-corrected chi connectivity index (χ1v) is 9.83. The highest BCUT2D eigenvalue weighted by molar-refractivity contribution is 5.91. The molecular formula is C26H24O5. The molecule has 0 aromatic heterocycles. The van der Waals surface area contributed by atoms with Crippen molar-refractivity contribution in [2.24, 2.45) is 0 Å². The van der Waals surface area contributed by atoms with E-state index in [9.17, 15) is 10.2 Å². The van der Waals surface area contributed by atoms with E-state index < -0.39 is 5.60 Å². The molecule has 0 amide bonds. The van der Waals surface area contributed by atoms with Crippen molar-refractivity contribution < 1.29 is 24.4 Å². The molecule has 0 aliphatic carbocycles. The molecule has 4 aromatic rings. The maximum Gasteiger partial charge on any atom is 0.147 e. The molecule has 5 nitrogen and oxygen atoms in total. The zero-order valence-corrected chi connectivity index (χ0v) is 17.6. The van der Waals surface area contributed by atoms with E-state index in [2.05, 4.69) is 0 Å². The van der Waals surface area contributed by atoms with E-state index in [1.54, 1.807) is 26.4 Å². The van der Waals surface area contributed by atoms with Crippen molar-refractivity contribution in [1.29, 1.82) is 0 Å². The smallest absolute Gasteiger partial charge is 0.147 e. The van der Waals surface area contributed by atoms with Crippen LogP contribution in [-0.4, -0.2) is 31.5 Å². The standard InChI is InChI=1S/C26H24O5/c1-29-19-12-13-21(23(27)15-19)26(28,18-9-5-4-6-10-18)22-16-20-17(14-25(22)31-3)8-7-11-24(20)30-2/h4-16,27-28H,1-3H3/t26-/m0/s1. The number of aliphatic hydroxyl groups is 1. The van der Waals surface area contributed by atoms with Gasteiger partial charge in [0.25, 0.3) is 0 Å². The fourth-order valence-corrected chi connectivity index (χ4v) is 3.99. The number of phenols is 1. The molecule has 1 atom stereocenters. The van der Waals surface area contributed by atoms with Gasteiger partial charge in [0.1, 0.15) is 28.6 Å². The Morgan fingerprint density at radius 2 is 1.42 bits per heavy atom. The van der Waals surface area contributed by atoms with Crippen molar-refractivity contribution in [3.05, 3.63) is 95.6 Å². The fraction of sp³-hybridized carbons (Fsp3) is 0.154. The van der Waals surface area contributed by atoms with Gasteiger partial charge in [-0.15, -0.1) is 0 Å². The van der Waals surface area contributed by atoms with Crippen LogP contribution in [0.25, 0.3) is 10.8 Å². The maximum absolute atomic E-state index is 12.3. The highest BCUT2D eigenvalue weighted by atomic mass is 16.5. The molecular weight excluding hydrogens is 392 g/mol. The van der Waals surface area contributed by atoms with Crippen LogP contribution in [0.2, 0.25) is 0 Å². The van der Waals surface area contributed by atoms with Crippen LogP contribution < -0.4 is 14.2 Å². The van der Waals surface area contributed by atoms with Crippen molar-refractivity contribution in [3.63, 3.8) is 0 Å². The molecule has 0 spiro atoms. The Morgan fingerprint density at radius 3 is 2.06 bits per heavy atom. The summed E-state index contributed by atoms with van der Waals surface area (Å²) in [4.78, 5) is 0. The lowest BCUT2D eigenvalue weighted by atomic mass is 9.78. The van der Waals surface area contributed by atoms with E-state index in [0.717, 1.165) is 10.8 Å². The Kier molecular flexibility index (Phi) is 5.44. The van der Waals surface area contributed by atoms with Crippen molar-refractivity contribution in [2.45, 2.75) is 5.60 Å². The lowest BCUT2D eigenvalue weighted by molar-refractivity contribution is 0.119. The van der Waals surface area contributed by atoms with Gasteiger partial charge in [-0.2, -0.15) is 0 Å². The average Bonchev–Trinajstić information content (AvgIpc) is 2.82. The third kappa shape index (κ3) is 3.43. The molecule has 0 aliphatic rings. The Hall–Kier alpha value is -3.70. The van der Waals surface area contributed by atoms with E-state index >= 15 is 0 Å². The molecule has 0 saturated heterocycles. The van der Waals surface area contributed by atoms with Gasteiger partial charge in [-0.25, -0.2) is 0 Å². The summed E-state index contributed by atoms with van der Waals surface area (Å²) in [5.74, 6) is 1.56. The normalized spacial score (nSPS) is 12.9. The summed E-state index contributed by atoms with van der Waals surface area (Å²) in [6.45, 7) is 0. The Bertz CT molecular complexity index is 1220. The van der Waals surface area contributed by atoms with Gasteiger partial charge in [0, 0.05) is 22.6 Å². The molecule has 2 N–H and O–H groups in total. The lowest BCUT2D eigenvalue weighted by Crippen LogP contribution is -2.29. The van der Waals surface area contributed by atoms with Crippen molar-refractivity contribution in [2.75, 3.05) is 21.3 Å². The van der Waals surface area contributed by atoms with Gasteiger partial charge in [0.05, 0.1) is 21.3 Å². The number of benzene rings is 4. The summed E-state index contributed by atoms with van der Waals surface area (Å²) >= 11 is 0. The average molecular weight is 416 g/mol. The third-order valence-electron chi connectivity index (χ3n) is 5.56. The molecule has 0 unspecified atom stereocenters. The predicted octanol–water partition coefficient (Wildman–Crippen LogP) is 4.86. The SMILES string of the molecule is COc1ccc([C@@](O)(c2ccccc2)c2cc3c(OC)cccc3cc2OC)c(O)c1. The minimum Gasteiger partial charge on any atom is -0.507 e. The second-order valence-electron chi connectivity index (χ2n) is 7.19. The predicted molar refractivity (Wildman–Crippen MR) is 120 cm³/mol. The number of methoxy groups -OCH3 is 3. The van der Waals surface area contributed by atoms with E-state index in [1.165, 1.54) is 13.2 Å². The van der Waals surface area contributed by atoms with Gasteiger partial charge in [-0.05, 0) is 41.3 Å². The topological polar surface area (TPSA) is 68.2 Å². The van der Waals surface area contributed by atoms with Crippen LogP contribution in [0.5, 0.6) is 23.0 Å². The summed E-state index contributed by atoms with van der Waals surface area (Å²) < 4.78 is 16.5. The lowest BCUT2D eigenvalue weighted by Gasteiger charge is -2.32. The molecule has 158 valence electrons. The Morgan fingerprint density at radius 1 is 0.677 bits per heavy atom. The quantitative estimate of drug-likeness (QED) is 0.440. The van der Waals surface area contributed by atoms with E-state index in [0.29, 0.717) is 33.9 Å². The molecule has 0 radical (unpaired) electrons. The first-order chi connectivity index (χ1) is 15.0. The summed E-state index contributed by atoms with van der Waals surface area (Å²) in [5, 5.41) is 24.9. The van der Waals surface area contributed by atoms with Gasteiger partial charge in [0.2, 0.25) is 0 Å². The molecule has 5 heteroatoms. The second-order valence-corrected chi connectivity index (χ2v) is 7.19. The van der Waals surface area contributed by atoms with E-state index in [-0.39, 0.29) is 5.75 Å². The number of hydrogen-bond acceptors (Lipinski definition) is 5. The fourth-order valence-electron chi connectivity index (χ4n) is 3.99. The number of hydrogen-bond donors (Lipinski definition) is 2. The van der Waals surface area contributed by atoms with E-state index in [1.807, 2.05) is 60.7 Å². The highest BCUT2D eigenvalue weighted by Gasteiger charge is 2.39. The summed E-state index contributed by atoms with van der Waals surface area (Å²) in [6.07, 6.45) is 0. The van der Waals surface area contributed by atoms with Crippen molar-refractivity contribution in [1.82, 2.24) is 0 Å². The third-order valence-corrected chi connectivity index (χ3v) is 5.56. The Balaban J connectivity index is 2.09. The minimum absolute atomic E-state index is 0.0899. The van der Waals surface area contributed by atoms with E-state index in [4.69, 9.17) is 14.2 Å². The molecule has 4 aromatic carbocycles. The van der Waals surface area contributed by atoms with Crippen molar-refractivity contribution >= 4 is 10.8 Å². The van der Waals surface area contributed by atoms with Crippen LogP contribution in [0.4, 0.5) is 0 Å². The number of fused-ring (bicyclic) bond motifs is 1. The molecule has 0 heterocycles. The molecule has 4 rings (SSSR count). The van der Waals surface area contributed by atoms with Crippen LogP contribution in [0.15, 0.2) is 78.9 Å². The monoisotopic (exact) mass is 416 g/mol. The van der Waals surface area contributed by atoms with Gasteiger partial charge in [-0.1, -0.05) is 42.5 Å². The van der Waals surface area contributed by atoms with Crippen LogP contribution >= 0.6 is 0 Å². The van der Waals surface area contributed by atoms with Crippen LogP contribution in [0.1, 0.15) is 16.7 Å².